The van der Waals surface area contributed by atoms with E-state index in [1.807, 2.05) is 29.7 Å². The molecule has 0 radical (unpaired) electrons. The van der Waals surface area contributed by atoms with Crippen LogP contribution in [-0.4, -0.2) is 78.0 Å². The predicted octanol–water partition coefficient (Wildman–Crippen LogP) is 2.65. The van der Waals surface area contributed by atoms with Gasteiger partial charge in [-0.2, -0.15) is 0 Å². The topological polar surface area (TPSA) is 86.6 Å². The van der Waals surface area contributed by atoms with E-state index in [1.165, 1.54) is 0 Å². The number of nitrogens with zero attached hydrogens (tertiary/aromatic N) is 5. The van der Waals surface area contributed by atoms with E-state index in [4.69, 9.17) is 14.2 Å². The van der Waals surface area contributed by atoms with Crippen LogP contribution < -0.4 is 14.8 Å². The summed E-state index contributed by atoms with van der Waals surface area (Å²) in [5.74, 6) is 2.70. The summed E-state index contributed by atoms with van der Waals surface area (Å²) >= 11 is 3.58. The molecule has 160 valence electrons. The van der Waals surface area contributed by atoms with Crippen LogP contribution in [0.4, 0.5) is 5.82 Å². The molecule has 0 bridgehead atoms. The van der Waals surface area contributed by atoms with E-state index in [2.05, 4.69) is 41.1 Å². The van der Waals surface area contributed by atoms with Crippen molar-refractivity contribution in [3.8, 4) is 17.2 Å². The van der Waals surface area contributed by atoms with E-state index >= 15 is 0 Å². The molecule has 0 spiro atoms. The molecule has 1 aliphatic heterocycles. The number of benzene rings is 1. The summed E-state index contributed by atoms with van der Waals surface area (Å²) < 4.78 is 18.8. The average Bonchev–Trinajstić information content (AvgIpc) is 3.09. The first kappa shape index (κ1) is 20.8. The number of fused-ring (bicyclic) bond motifs is 1. The van der Waals surface area contributed by atoms with Crippen LogP contribution in [0.15, 0.2) is 22.9 Å². The molecule has 1 N–H and O–H groups in total. The zero-order valence-corrected chi connectivity index (χ0v) is 18.9. The van der Waals surface area contributed by atoms with E-state index in [-0.39, 0.29) is 0 Å². The Bertz CT molecular complexity index is 1040. The van der Waals surface area contributed by atoms with Crippen LogP contribution in [0.2, 0.25) is 0 Å². The number of aromatic nitrogens is 4. The molecule has 30 heavy (non-hydrogen) atoms. The molecule has 0 saturated carbocycles. The normalized spacial score (nSPS) is 14.8. The number of hydrogen-bond acceptors (Lipinski definition) is 8. The molecule has 9 nitrogen and oxygen atoms in total. The molecule has 0 atom stereocenters. The van der Waals surface area contributed by atoms with Gasteiger partial charge in [-0.1, -0.05) is 0 Å². The Hall–Kier alpha value is -2.43. The van der Waals surface area contributed by atoms with Crippen LogP contribution in [0.1, 0.15) is 5.82 Å². The van der Waals surface area contributed by atoms with E-state index < -0.39 is 0 Å². The van der Waals surface area contributed by atoms with Crippen molar-refractivity contribution in [1.82, 2.24) is 24.4 Å². The summed E-state index contributed by atoms with van der Waals surface area (Å²) in [7, 11) is 3.23. The Morgan fingerprint density at radius 1 is 1.10 bits per heavy atom. The second-order valence-electron chi connectivity index (χ2n) is 6.93. The Morgan fingerprint density at radius 2 is 1.87 bits per heavy atom. The number of imidazole rings is 1. The fourth-order valence-electron chi connectivity index (χ4n) is 3.51. The molecular weight excluding hydrogens is 452 g/mol. The van der Waals surface area contributed by atoms with Gasteiger partial charge in [-0.25, -0.2) is 15.0 Å². The van der Waals surface area contributed by atoms with Crippen molar-refractivity contribution in [3.63, 3.8) is 0 Å². The van der Waals surface area contributed by atoms with Crippen molar-refractivity contribution in [1.29, 1.82) is 0 Å². The molecule has 1 aliphatic rings. The summed E-state index contributed by atoms with van der Waals surface area (Å²) in [5, 5.41) is 3.43. The number of aryl methyl sites for hydroxylation is 1. The van der Waals surface area contributed by atoms with Crippen LogP contribution in [0, 0.1) is 6.92 Å². The lowest BCUT2D eigenvalue weighted by atomic mass is 10.2. The third kappa shape index (κ3) is 4.21. The fraction of sp³-hybridized carbons (Fsp3) is 0.450. The van der Waals surface area contributed by atoms with Crippen LogP contribution in [0.3, 0.4) is 0 Å². The minimum Gasteiger partial charge on any atom is -0.493 e. The highest BCUT2D eigenvalue weighted by molar-refractivity contribution is 9.10. The maximum absolute atomic E-state index is 5.45. The summed E-state index contributed by atoms with van der Waals surface area (Å²) in [4.78, 5) is 16.3. The highest BCUT2D eigenvalue weighted by Gasteiger charge is 2.19. The molecule has 0 amide bonds. The Morgan fingerprint density at radius 3 is 2.60 bits per heavy atom. The molecule has 10 heteroatoms. The first-order valence-electron chi connectivity index (χ1n) is 9.79. The number of hydrogen-bond donors (Lipinski definition) is 1. The Labute approximate surface area is 183 Å². The van der Waals surface area contributed by atoms with Gasteiger partial charge in [0.2, 0.25) is 0 Å². The summed E-state index contributed by atoms with van der Waals surface area (Å²) in [6.45, 7) is 7.07. The Balaban J connectivity index is 1.65. The van der Waals surface area contributed by atoms with Gasteiger partial charge in [0.1, 0.15) is 5.82 Å². The number of methoxy groups -OCH3 is 2. The van der Waals surface area contributed by atoms with Crippen molar-refractivity contribution in [2.45, 2.75) is 6.92 Å². The molecular formula is C20H25BrN6O3. The largest absolute Gasteiger partial charge is 0.493 e. The number of ether oxygens (including phenoxy) is 3. The highest BCUT2D eigenvalue weighted by atomic mass is 79.9. The van der Waals surface area contributed by atoms with Gasteiger partial charge >= 0.3 is 0 Å². The minimum atomic E-state index is 0.637. The molecule has 2 aromatic heterocycles. The number of morpholine rings is 1. The summed E-state index contributed by atoms with van der Waals surface area (Å²) in [5.41, 5.74) is 2.29. The van der Waals surface area contributed by atoms with Crippen molar-refractivity contribution >= 4 is 32.9 Å². The van der Waals surface area contributed by atoms with Crippen molar-refractivity contribution in [3.05, 3.63) is 28.8 Å². The lowest BCUT2D eigenvalue weighted by Gasteiger charge is -2.26. The Kier molecular flexibility index (Phi) is 6.35. The molecule has 3 aromatic rings. The van der Waals surface area contributed by atoms with E-state index in [1.54, 1.807) is 14.2 Å². The van der Waals surface area contributed by atoms with Gasteiger partial charge in [0, 0.05) is 32.2 Å². The lowest BCUT2D eigenvalue weighted by molar-refractivity contribution is 0.0398. The first-order valence-corrected chi connectivity index (χ1v) is 10.6. The third-order valence-electron chi connectivity index (χ3n) is 5.03. The first-order chi connectivity index (χ1) is 14.6. The predicted molar refractivity (Wildman–Crippen MR) is 118 cm³/mol. The van der Waals surface area contributed by atoms with Gasteiger partial charge < -0.3 is 19.5 Å². The molecule has 1 saturated heterocycles. The average molecular weight is 477 g/mol. The van der Waals surface area contributed by atoms with Gasteiger partial charge in [-0.05, 0) is 35.0 Å². The van der Waals surface area contributed by atoms with Crippen LogP contribution in [0.25, 0.3) is 16.9 Å². The molecule has 1 aromatic carbocycles. The van der Waals surface area contributed by atoms with Gasteiger partial charge in [0.15, 0.2) is 33.2 Å². The van der Waals surface area contributed by atoms with E-state index in [9.17, 15) is 0 Å². The highest BCUT2D eigenvalue weighted by Crippen LogP contribution is 2.33. The molecule has 4 rings (SSSR count). The quantitative estimate of drug-likeness (QED) is 0.520. The van der Waals surface area contributed by atoms with Gasteiger partial charge in [0.05, 0.1) is 33.1 Å². The number of anilines is 1. The SMILES string of the molecule is COc1ccc(-n2c(Br)nc3c(NCCN4CCOCC4)nc(C)nc32)cc1OC. The minimum absolute atomic E-state index is 0.637. The number of halogens is 1. The van der Waals surface area contributed by atoms with Crippen LogP contribution in [-0.2, 0) is 4.74 Å². The fourth-order valence-corrected chi connectivity index (χ4v) is 4.06. The van der Waals surface area contributed by atoms with E-state index in [0.29, 0.717) is 27.6 Å². The molecule has 3 heterocycles. The van der Waals surface area contributed by atoms with Crippen LogP contribution in [0.5, 0.6) is 11.5 Å². The van der Waals surface area contributed by atoms with Crippen molar-refractivity contribution in [2.24, 2.45) is 0 Å². The summed E-state index contributed by atoms with van der Waals surface area (Å²) in [6.07, 6.45) is 0. The maximum atomic E-state index is 5.45. The van der Waals surface area contributed by atoms with Gasteiger partial charge in [0.25, 0.3) is 0 Å². The zero-order valence-electron chi connectivity index (χ0n) is 17.3. The van der Waals surface area contributed by atoms with Crippen molar-refractivity contribution < 1.29 is 14.2 Å². The number of rotatable bonds is 7. The second kappa shape index (κ2) is 9.15. The molecule has 1 fully saturated rings. The summed E-state index contributed by atoms with van der Waals surface area (Å²) in [6, 6.07) is 5.70. The van der Waals surface area contributed by atoms with Crippen LogP contribution >= 0.6 is 15.9 Å². The van der Waals surface area contributed by atoms with Gasteiger partial charge in [-0.15, -0.1) is 0 Å². The standard InChI is InChI=1S/C20H25BrN6O3/c1-13-23-18(22-6-7-26-8-10-30-11-9-26)17-19(24-13)27(20(21)25-17)14-4-5-15(28-2)16(12-14)29-3/h4-5,12H,6-11H2,1-3H3,(H,22,23,24). The smallest absolute Gasteiger partial charge is 0.184 e. The lowest BCUT2D eigenvalue weighted by Crippen LogP contribution is -2.39. The monoisotopic (exact) mass is 476 g/mol. The van der Waals surface area contributed by atoms with Gasteiger partial charge in [-0.3, -0.25) is 9.47 Å². The van der Waals surface area contributed by atoms with E-state index in [0.717, 1.165) is 56.5 Å². The molecule has 0 unspecified atom stereocenters. The maximum Gasteiger partial charge on any atom is 0.184 e. The second-order valence-corrected chi connectivity index (χ2v) is 7.64. The molecule has 0 aliphatic carbocycles. The zero-order chi connectivity index (χ0) is 21.1. The van der Waals surface area contributed by atoms with Crippen molar-refractivity contribution in [2.75, 3.05) is 58.9 Å². The number of nitrogens with one attached hydrogen (secondary N) is 1. The third-order valence-corrected chi connectivity index (χ3v) is 5.56.